The molecule has 12 heavy (non-hydrogen) atoms. The molecular formula is C8H10BrNO2. The molecule has 1 rings (SSSR count). The van der Waals surface area contributed by atoms with Crippen LogP contribution >= 0.6 is 15.9 Å². The molecule has 3 nitrogen and oxygen atoms in total. The minimum atomic E-state index is 0.0659. The summed E-state index contributed by atoms with van der Waals surface area (Å²) >= 11 is 3.10. The van der Waals surface area contributed by atoms with Gasteiger partial charge in [-0.05, 0) is 6.07 Å². The number of hydrogen-bond donors (Lipinski definition) is 0. The van der Waals surface area contributed by atoms with Crippen molar-refractivity contribution in [3.63, 3.8) is 0 Å². The Morgan fingerprint density at radius 3 is 3.00 bits per heavy atom. The minimum Gasteiger partial charge on any atom is -0.472 e. The second kappa shape index (κ2) is 4.30. The van der Waals surface area contributed by atoms with Crippen molar-refractivity contribution in [2.45, 2.75) is 6.54 Å². The van der Waals surface area contributed by atoms with Gasteiger partial charge in [0.25, 0.3) is 0 Å². The van der Waals surface area contributed by atoms with Gasteiger partial charge in [-0.25, -0.2) is 0 Å². The smallest absolute Gasteiger partial charge is 0.233 e. The van der Waals surface area contributed by atoms with Gasteiger partial charge in [0.1, 0.15) is 0 Å². The maximum atomic E-state index is 11.1. The summed E-state index contributed by atoms with van der Waals surface area (Å²) in [4.78, 5) is 12.7. The number of furan rings is 1. The lowest BCUT2D eigenvalue weighted by Crippen LogP contribution is -2.26. The maximum absolute atomic E-state index is 11.1. The van der Waals surface area contributed by atoms with Crippen LogP contribution in [-0.4, -0.2) is 23.2 Å². The summed E-state index contributed by atoms with van der Waals surface area (Å²) in [5.74, 6) is 0.0659. The molecule has 0 bridgehead atoms. The van der Waals surface area contributed by atoms with Crippen LogP contribution in [0, 0.1) is 0 Å². The quantitative estimate of drug-likeness (QED) is 0.742. The highest BCUT2D eigenvalue weighted by atomic mass is 79.9. The molecule has 0 aliphatic rings. The first-order valence-electron chi connectivity index (χ1n) is 3.55. The zero-order valence-electron chi connectivity index (χ0n) is 6.79. The first-order chi connectivity index (χ1) is 5.74. The van der Waals surface area contributed by atoms with Crippen LogP contribution in [0.5, 0.6) is 0 Å². The molecule has 0 aliphatic carbocycles. The molecule has 1 aromatic rings. The summed E-state index contributed by atoms with van der Waals surface area (Å²) in [5.41, 5.74) is 1.01. The number of nitrogens with zero attached hydrogens (tertiary/aromatic N) is 1. The van der Waals surface area contributed by atoms with E-state index in [0.717, 1.165) is 5.56 Å². The van der Waals surface area contributed by atoms with E-state index < -0.39 is 0 Å². The fourth-order valence-electron chi connectivity index (χ4n) is 0.847. The summed E-state index contributed by atoms with van der Waals surface area (Å²) in [6.07, 6.45) is 3.24. The molecular weight excluding hydrogens is 222 g/mol. The van der Waals surface area contributed by atoms with Crippen LogP contribution in [0.3, 0.4) is 0 Å². The Hall–Kier alpha value is -0.770. The van der Waals surface area contributed by atoms with Crippen LogP contribution in [0.15, 0.2) is 23.0 Å². The molecule has 0 saturated carbocycles. The Balaban J connectivity index is 2.47. The highest BCUT2D eigenvalue weighted by molar-refractivity contribution is 9.09. The predicted octanol–water partition coefficient (Wildman–Crippen LogP) is 1.63. The summed E-state index contributed by atoms with van der Waals surface area (Å²) < 4.78 is 4.88. The van der Waals surface area contributed by atoms with Gasteiger partial charge < -0.3 is 9.32 Å². The monoisotopic (exact) mass is 231 g/mol. The first-order valence-corrected chi connectivity index (χ1v) is 4.67. The minimum absolute atomic E-state index is 0.0659. The Kier molecular flexibility index (Phi) is 3.34. The first kappa shape index (κ1) is 9.32. The van der Waals surface area contributed by atoms with Crippen molar-refractivity contribution in [2.75, 3.05) is 12.4 Å². The molecule has 0 fully saturated rings. The van der Waals surface area contributed by atoms with Gasteiger partial charge in [0.15, 0.2) is 0 Å². The lowest BCUT2D eigenvalue weighted by Gasteiger charge is -2.13. The second-order valence-corrected chi connectivity index (χ2v) is 3.08. The summed E-state index contributed by atoms with van der Waals surface area (Å²) in [5, 5.41) is 0.362. The van der Waals surface area contributed by atoms with Gasteiger partial charge in [-0.2, -0.15) is 0 Å². The van der Waals surface area contributed by atoms with Crippen LogP contribution in [0.2, 0.25) is 0 Å². The van der Waals surface area contributed by atoms with Crippen LogP contribution in [-0.2, 0) is 11.3 Å². The molecule has 1 heterocycles. The largest absolute Gasteiger partial charge is 0.472 e. The standard InChI is InChI=1S/C8H10BrNO2/c1-10(8(11)4-9)5-7-2-3-12-6-7/h2-3,6H,4-5H2,1H3. The van der Waals surface area contributed by atoms with Gasteiger partial charge >= 0.3 is 0 Å². The molecule has 4 heteroatoms. The van der Waals surface area contributed by atoms with Gasteiger partial charge in [-0.3, -0.25) is 4.79 Å². The third kappa shape index (κ3) is 2.37. The Morgan fingerprint density at radius 2 is 2.50 bits per heavy atom. The molecule has 0 saturated heterocycles. The molecule has 0 spiro atoms. The topological polar surface area (TPSA) is 33.5 Å². The van der Waals surface area contributed by atoms with Crippen molar-refractivity contribution in [3.8, 4) is 0 Å². The van der Waals surface area contributed by atoms with E-state index in [4.69, 9.17) is 4.42 Å². The van der Waals surface area contributed by atoms with Crippen molar-refractivity contribution < 1.29 is 9.21 Å². The molecule has 66 valence electrons. The van der Waals surface area contributed by atoms with Gasteiger partial charge in [0, 0.05) is 19.2 Å². The number of rotatable bonds is 3. The summed E-state index contributed by atoms with van der Waals surface area (Å²) in [6.45, 7) is 0.598. The van der Waals surface area contributed by atoms with E-state index in [-0.39, 0.29) is 5.91 Å². The molecule has 1 aromatic heterocycles. The zero-order valence-corrected chi connectivity index (χ0v) is 8.37. The molecule has 0 N–H and O–H groups in total. The van der Waals surface area contributed by atoms with Gasteiger partial charge in [0.05, 0.1) is 17.9 Å². The van der Waals surface area contributed by atoms with E-state index in [2.05, 4.69) is 15.9 Å². The van der Waals surface area contributed by atoms with Crippen LogP contribution in [0.4, 0.5) is 0 Å². The summed E-state index contributed by atoms with van der Waals surface area (Å²) in [7, 11) is 1.76. The lowest BCUT2D eigenvalue weighted by atomic mass is 10.3. The number of amides is 1. The average molecular weight is 232 g/mol. The Labute approximate surface area is 79.5 Å². The van der Waals surface area contributed by atoms with Gasteiger partial charge in [-0.1, -0.05) is 15.9 Å². The lowest BCUT2D eigenvalue weighted by molar-refractivity contribution is -0.127. The van der Waals surface area contributed by atoms with E-state index in [1.807, 2.05) is 6.07 Å². The van der Waals surface area contributed by atoms with Crippen LogP contribution < -0.4 is 0 Å². The fourth-order valence-corrected chi connectivity index (χ4v) is 1.27. The zero-order chi connectivity index (χ0) is 8.97. The molecule has 1 amide bonds. The SMILES string of the molecule is CN(Cc1ccoc1)C(=O)CBr. The number of alkyl halides is 1. The molecule has 0 radical (unpaired) electrons. The van der Waals surface area contributed by atoms with Crippen molar-refractivity contribution in [2.24, 2.45) is 0 Å². The van der Waals surface area contributed by atoms with E-state index in [9.17, 15) is 4.79 Å². The van der Waals surface area contributed by atoms with Crippen LogP contribution in [0.1, 0.15) is 5.56 Å². The van der Waals surface area contributed by atoms with E-state index in [0.29, 0.717) is 11.9 Å². The molecule has 0 unspecified atom stereocenters. The highest BCUT2D eigenvalue weighted by Gasteiger charge is 2.06. The highest BCUT2D eigenvalue weighted by Crippen LogP contribution is 2.04. The third-order valence-corrected chi connectivity index (χ3v) is 2.02. The number of carbonyl (C=O) groups is 1. The second-order valence-electron chi connectivity index (χ2n) is 2.52. The van der Waals surface area contributed by atoms with Crippen molar-refractivity contribution >= 4 is 21.8 Å². The average Bonchev–Trinajstić information content (AvgIpc) is 2.55. The molecule has 0 aromatic carbocycles. The van der Waals surface area contributed by atoms with E-state index in [1.165, 1.54) is 0 Å². The normalized spacial score (nSPS) is 9.83. The van der Waals surface area contributed by atoms with Gasteiger partial charge in [-0.15, -0.1) is 0 Å². The third-order valence-electron chi connectivity index (χ3n) is 1.54. The van der Waals surface area contributed by atoms with Crippen molar-refractivity contribution in [1.82, 2.24) is 4.90 Å². The maximum Gasteiger partial charge on any atom is 0.233 e. The molecule has 0 atom stereocenters. The Bertz CT molecular complexity index is 246. The van der Waals surface area contributed by atoms with E-state index in [1.54, 1.807) is 24.5 Å². The Morgan fingerprint density at radius 1 is 1.75 bits per heavy atom. The number of halogens is 1. The number of hydrogen-bond acceptors (Lipinski definition) is 2. The van der Waals surface area contributed by atoms with Gasteiger partial charge in [0.2, 0.25) is 5.91 Å². The molecule has 0 aliphatic heterocycles. The summed E-state index contributed by atoms with van der Waals surface area (Å²) in [6, 6.07) is 1.85. The van der Waals surface area contributed by atoms with Crippen molar-refractivity contribution in [3.05, 3.63) is 24.2 Å². The fraction of sp³-hybridized carbons (Fsp3) is 0.375. The predicted molar refractivity (Wildman–Crippen MR) is 49.0 cm³/mol. The van der Waals surface area contributed by atoms with E-state index >= 15 is 0 Å². The van der Waals surface area contributed by atoms with Crippen LogP contribution in [0.25, 0.3) is 0 Å². The van der Waals surface area contributed by atoms with Crippen molar-refractivity contribution in [1.29, 1.82) is 0 Å². The number of carbonyl (C=O) groups excluding carboxylic acids is 1.